The van der Waals surface area contributed by atoms with Crippen molar-refractivity contribution in [2.45, 2.75) is 92.9 Å². The second-order valence-corrected chi connectivity index (χ2v) is 11.4. The Kier molecular flexibility index (Phi) is 14.1. The minimum absolute atomic E-state index is 0.337. The fourth-order valence-electron chi connectivity index (χ4n) is 2.91. The largest absolute Gasteiger partial charge is 0.446 e. The first kappa shape index (κ1) is 33.5. The molecule has 0 unspecified atom stereocenters. The molecule has 0 fully saturated rings. The van der Waals surface area contributed by atoms with Gasteiger partial charge in [-0.3, -0.25) is 0 Å². The van der Waals surface area contributed by atoms with Crippen molar-refractivity contribution in [3.63, 3.8) is 0 Å². The van der Waals surface area contributed by atoms with E-state index in [0.717, 1.165) is 22.9 Å². The Bertz CT molecular complexity index is 1170. The van der Waals surface area contributed by atoms with Crippen LogP contribution in [-0.4, -0.2) is 24.9 Å². The number of aromatic nitrogens is 5. The molecule has 4 aromatic heterocycles. The van der Waals surface area contributed by atoms with Gasteiger partial charge in [0.1, 0.15) is 11.6 Å². The molecule has 10 heteroatoms. The van der Waals surface area contributed by atoms with Gasteiger partial charge in [-0.15, -0.1) is 11.3 Å². The second-order valence-electron chi connectivity index (χ2n) is 10.3. The molecule has 0 spiro atoms. The molecule has 0 aromatic carbocycles. The number of hydrogen-bond acceptors (Lipinski definition) is 10. The van der Waals surface area contributed by atoms with Crippen molar-refractivity contribution in [2.24, 2.45) is 0 Å². The summed E-state index contributed by atoms with van der Waals surface area (Å²) in [7, 11) is 0. The fraction of sp³-hybridized carbons (Fsp3) is 0.483. The SMILES string of the molecule is CC(C)c1cnc(N)nc1.CC(C)c1cnc(N)s1.Cc1cc(C(C)C)cc(N)n1.Cc1ncc(C(C)C)o1. The molecule has 4 heterocycles. The van der Waals surface area contributed by atoms with Gasteiger partial charge in [0.25, 0.3) is 0 Å². The second kappa shape index (κ2) is 16.4. The molecule has 0 aliphatic heterocycles. The summed E-state index contributed by atoms with van der Waals surface area (Å²) in [6.45, 7) is 20.7. The van der Waals surface area contributed by atoms with Gasteiger partial charge in [0.2, 0.25) is 5.95 Å². The Hall–Kier alpha value is -3.53. The predicted octanol–water partition coefficient (Wildman–Crippen LogP) is 7.23. The normalized spacial score (nSPS) is 10.5. The lowest BCUT2D eigenvalue weighted by Crippen LogP contribution is -1.96. The Morgan fingerprint density at radius 1 is 0.667 bits per heavy atom. The van der Waals surface area contributed by atoms with Crippen molar-refractivity contribution >= 4 is 28.2 Å². The van der Waals surface area contributed by atoms with Crippen molar-refractivity contribution in [1.82, 2.24) is 24.9 Å². The third-order valence-corrected chi connectivity index (χ3v) is 6.47. The van der Waals surface area contributed by atoms with Gasteiger partial charge in [0.15, 0.2) is 11.0 Å². The molecule has 4 aromatic rings. The van der Waals surface area contributed by atoms with E-state index in [-0.39, 0.29) is 0 Å². The first-order chi connectivity index (χ1) is 18.2. The quantitative estimate of drug-likeness (QED) is 0.237. The molecule has 0 aliphatic carbocycles. The number of oxazole rings is 1. The maximum Gasteiger partial charge on any atom is 0.219 e. The monoisotopic (exact) mass is 554 g/mol. The third kappa shape index (κ3) is 13.2. The van der Waals surface area contributed by atoms with E-state index in [2.05, 4.69) is 86.4 Å². The third-order valence-electron chi connectivity index (χ3n) is 5.34. The van der Waals surface area contributed by atoms with Crippen LogP contribution in [0.3, 0.4) is 0 Å². The number of nitrogens with two attached hydrogens (primary N) is 3. The van der Waals surface area contributed by atoms with E-state index >= 15 is 0 Å². The standard InChI is InChI=1S/C9H14N2.C7H11N3.C7H11NO.C6H10N2S/c1-6(2)8-4-7(3)11-9(10)5-8;1-5(2)6-3-9-7(8)10-4-6;1-5(2)7-4-8-6(3)9-7;1-4(2)5-3-8-6(7)9-5/h4-6H,1-3H3,(H2,10,11);3-5H,1-2H3,(H2,8,9,10);4-5H,1-3H3;3-4H,1-2H3,(H2,7,8). The molecular weight excluding hydrogens is 508 g/mol. The highest BCUT2D eigenvalue weighted by molar-refractivity contribution is 7.15. The van der Waals surface area contributed by atoms with Crippen molar-refractivity contribution in [2.75, 3.05) is 17.2 Å². The lowest BCUT2D eigenvalue weighted by molar-refractivity contribution is 0.456. The van der Waals surface area contributed by atoms with E-state index in [9.17, 15) is 0 Å². The van der Waals surface area contributed by atoms with Crippen LogP contribution in [0.2, 0.25) is 0 Å². The number of thiazole rings is 1. The molecule has 6 N–H and O–H groups in total. The number of nitrogens with zero attached hydrogens (tertiary/aromatic N) is 5. The fourth-order valence-corrected chi connectivity index (χ4v) is 3.60. The van der Waals surface area contributed by atoms with Crippen molar-refractivity contribution in [1.29, 1.82) is 0 Å². The van der Waals surface area contributed by atoms with Crippen LogP contribution in [0.15, 0.2) is 41.3 Å². The number of pyridine rings is 1. The summed E-state index contributed by atoms with van der Waals surface area (Å²) in [5.41, 5.74) is 19.7. The van der Waals surface area contributed by atoms with Gasteiger partial charge in [0, 0.05) is 42.0 Å². The number of aryl methyl sites for hydroxylation is 2. The Labute approximate surface area is 237 Å². The highest BCUT2D eigenvalue weighted by Gasteiger charge is 2.03. The first-order valence-corrected chi connectivity index (χ1v) is 14.0. The van der Waals surface area contributed by atoms with E-state index in [1.165, 1.54) is 10.4 Å². The van der Waals surface area contributed by atoms with E-state index in [1.807, 2.05) is 26.1 Å². The minimum atomic E-state index is 0.337. The number of hydrogen-bond donors (Lipinski definition) is 3. The van der Waals surface area contributed by atoms with E-state index in [0.29, 0.717) is 40.6 Å². The van der Waals surface area contributed by atoms with E-state index < -0.39 is 0 Å². The van der Waals surface area contributed by atoms with Gasteiger partial charge in [-0.2, -0.15) is 0 Å². The van der Waals surface area contributed by atoms with Crippen LogP contribution in [0.1, 0.15) is 112 Å². The highest BCUT2D eigenvalue weighted by atomic mass is 32.1. The van der Waals surface area contributed by atoms with Crippen LogP contribution < -0.4 is 17.2 Å². The molecule has 0 radical (unpaired) electrons. The lowest BCUT2D eigenvalue weighted by Gasteiger charge is -2.06. The molecule has 39 heavy (non-hydrogen) atoms. The summed E-state index contributed by atoms with van der Waals surface area (Å²) in [4.78, 5) is 21.0. The van der Waals surface area contributed by atoms with Crippen LogP contribution in [0.25, 0.3) is 0 Å². The van der Waals surface area contributed by atoms with Gasteiger partial charge in [-0.25, -0.2) is 24.9 Å². The number of anilines is 3. The van der Waals surface area contributed by atoms with Gasteiger partial charge < -0.3 is 21.6 Å². The summed E-state index contributed by atoms with van der Waals surface area (Å²) in [6.07, 6.45) is 7.13. The average molecular weight is 555 g/mol. The van der Waals surface area contributed by atoms with Crippen molar-refractivity contribution in [3.05, 3.63) is 70.3 Å². The topological polar surface area (TPSA) is 156 Å². The van der Waals surface area contributed by atoms with Gasteiger partial charge >= 0.3 is 0 Å². The molecule has 0 atom stereocenters. The average Bonchev–Trinajstić information content (AvgIpc) is 3.48. The molecule has 9 nitrogen and oxygen atoms in total. The molecule has 0 amide bonds. The molecule has 0 bridgehead atoms. The smallest absolute Gasteiger partial charge is 0.219 e. The molecule has 0 aliphatic rings. The van der Waals surface area contributed by atoms with Crippen LogP contribution in [0.5, 0.6) is 0 Å². The Morgan fingerprint density at radius 2 is 1.26 bits per heavy atom. The summed E-state index contributed by atoms with van der Waals surface area (Å²) < 4.78 is 5.23. The number of rotatable bonds is 4. The first-order valence-electron chi connectivity index (χ1n) is 13.1. The predicted molar refractivity (Wildman–Crippen MR) is 164 cm³/mol. The molecule has 0 saturated heterocycles. The maximum atomic E-state index is 5.59. The highest BCUT2D eigenvalue weighted by Crippen LogP contribution is 2.22. The number of nitrogen functional groups attached to an aromatic ring is 3. The summed E-state index contributed by atoms with van der Waals surface area (Å²) >= 11 is 1.56. The Balaban J connectivity index is 0.000000261. The summed E-state index contributed by atoms with van der Waals surface area (Å²) in [5, 5.41) is 0.665. The summed E-state index contributed by atoms with van der Waals surface area (Å²) in [5.74, 6) is 4.68. The van der Waals surface area contributed by atoms with Gasteiger partial charge in [0.05, 0.1) is 6.20 Å². The zero-order valence-corrected chi connectivity index (χ0v) is 25.9. The molecule has 4 rings (SSSR count). The van der Waals surface area contributed by atoms with Gasteiger partial charge in [-0.05, 0) is 47.9 Å². The van der Waals surface area contributed by atoms with E-state index in [1.54, 1.807) is 29.9 Å². The van der Waals surface area contributed by atoms with Gasteiger partial charge in [-0.1, -0.05) is 55.4 Å². The molecule has 0 saturated carbocycles. The van der Waals surface area contributed by atoms with Crippen molar-refractivity contribution < 1.29 is 4.42 Å². The molecule has 214 valence electrons. The van der Waals surface area contributed by atoms with Crippen molar-refractivity contribution in [3.8, 4) is 0 Å². The molecular formula is C29H46N8OS. The van der Waals surface area contributed by atoms with Crippen LogP contribution in [0, 0.1) is 13.8 Å². The van der Waals surface area contributed by atoms with E-state index in [4.69, 9.17) is 21.6 Å². The van der Waals surface area contributed by atoms with Crippen LogP contribution in [0.4, 0.5) is 16.9 Å². The summed E-state index contributed by atoms with van der Waals surface area (Å²) in [6, 6.07) is 4.00. The lowest BCUT2D eigenvalue weighted by atomic mass is 10.0. The zero-order chi connectivity index (χ0) is 29.7. The minimum Gasteiger partial charge on any atom is -0.446 e. The van der Waals surface area contributed by atoms with Crippen LogP contribution >= 0.6 is 11.3 Å². The van der Waals surface area contributed by atoms with Crippen LogP contribution in [-0.2, 0) is 0 Å². The Morgan fingerprint density at radius 3 is 1.59 bits per heavy atom. The zero-order valence-electron chi connectivity index (χ0n) is 25.1. The maximum absolute atomic E-state index is 5.59.